The molecule has 0 atom stereocenters. The zero-order valence-electron chi connectivity index (χ0n) is 17.1. The number of carboxylic acid groups (broad SMARTS) is 1. The maximum absolute atomic E-state index is 9.00. The average molecular weight is 442 g/mol. The van der Waals surface area contributed by atoms with Crippen molar-refractivity contribution < 1.29 is 80.9 Å². The van der Waals surface area contributed by atoms with E-state index >= 15 is 0 Å². The van der Waals surface area contributed by atoms with Crippen LogP contribution in [0.3, 0.4) is 0 Å². The standard InChI is InChI=1S/C3H8O.2C3H7.C2H4O2.4CH3O.O.2Ti/c1-2-3-4;2*1-3-2;1-2(3)4;4*1-2;;;/h4H,2-3H2,1H3;2*1,3H2,2H3;1H3,(H,3,4);4*1H3;;;/q;2*-1;;4*-1;;+2;+4. The number of aliphatic hydroxyl groups excluding tert-OH is 1. The van der Waals surface area contributed by atoms with Crippen molar-refractivity contribution in [1.82, 2.24) is 0 Å². The van der Waals surface area contributed by atoms with Crippen LogP contribution in [0.15, 0.2) is 0 Å². The van der Waals surface area contributed by atoms with E-state index in [9.17, 15) is 0 Å². The number of aliphatic carboxylic acids is 1. The number of rotatable bonds is 1. The summed E-state index contributed by atoms with van der Waals surface area (Å²) < 4.78 is 8.25. The normalized spacial score (nSPS) is 4.84. The Morgan fingerprint density at radius 1 is 0.840 bits per heavy atom. The smallest absolute Gasteiger partial charge is 4.00 e. The van der Waals surface area contributed by atoms with Crippen molar-refractivity contribution in [3.8, 4) is 0 Å². The minimum atomic E-state index is -0.833. The van der Waals surface area contributed by atoms with Crippen LogP contribution in [0.1, 0.15) is 47.0 Å². The molecule has 10 heteroatoms. The largest absolute Gasteiger partial charge is 4.00 e. The second-order valence-electron chi connectivity index (χ2n) is 2.24. The van der Waals surface area contributed by atoms with Gasteiger partial charge in [0, 0.05) is 13.5 Å². The summed E-state index contributed by atoms with van der Waals surface area (Å²) in [5.74, 6) is -0.833. The molecular weight excluding hydrogens is 404 g/mol. The first-order valence-corrected chi connectivity index (χ1v) is 7.34. The van der Waals surface area contributed by atoms with E-state index in [1.807, 2.05) is 20.8 Å². The summed E-state index contributed by atoms with van der Waals surface area (Å²) in [6, 6.07) is 0. The first-order chi connectivity index (χ1) is 11.5. The van der Waals surface area contributed by atoms with Crippen LogP contribution < -0.4 is 20.4 Å². The predicted octanol–water partition coefficient (Wildman–Crippen LogP) is -1.28. The second kappa shape index (κ2) is 241. The predicted molar refractivity (Wildman–Crippen MR) is 86.4 cm³/mol. The molecule has 0 aromatic carbocycles. The Bertz CT molecular complexity index is 95.6. The molecule has 0 fully saturated rings. The summed E-state index contributed by atoms with van der Waals surface area (Å²) in [4.78, 5) is 9.00. The summed E-state index contributed by atoms with van der Waals surface area (Å²) in [5.41, 5.74) is 0. The first kappa shape index (κ1) is 63.7. The molecule has 0 heterocycles. The molecule has 154 valence electrons. The van der Waals surface area contributed by atoms with Crippen LogP contribution in [0.5, 0.6) is 0 Å². The van der Waals surface area contributed by atoms with Gasteiger partial charge in [0.15, 0.2) is 0 Å². The molecule has 0 aromatic heterocycles. The topological polar surface area (TPSA) is 167 Å². The fraction of sp³-hybridized carbons (Fsp3) is 0.800. The molecule has 0 saturated heterocycles. The van der Waals surface area contributed by atoms with Gasteiger partial charge in [-0.2, -0.15) is 41.3 Å². The van der Waals surface area contributed by atoms with Crippen LogP contribution in [0, 0.1) is 13.8 Å². The molecule has 0 radical (unpaired) electrons. The third-order valence-corrected chi connectivity index (χ3v) is 0.224. The van der Waals surface area contributed by atoms with E-state index in [1.54, 1.807) is 0 Å². The number of hydrogen-bond acceptors (Lipinski definition) is 7. The molecule has 0 bridgehead atoms. The van der Waals surface area contributed by atoms with Gasteiger partial charge in [0.2, 0.25) is 0 Å². The van der Waals surface area contributed by atoms with Crippen LogP contribution in [-0.4, -0.2) is 51.2 Å². The van der Waals surface area contributed by atoms with Gasteiger partial charge in [0.1, 0.15) is 0 Å². The molecule has 0 aliphatic carbocycles. The number of carbonyl (C=O) groups is 1. The van der Waals surface area contributed by atoms with Crippen LogP contribution in [0.25, 0.3) is 0 Å². The van der Waals surface area contributed by atoms with Gasteiger partial charge in [-0.05, 0) is 6.42 Å². The number of aliphatic hydroxyl groups is 1. The van der Waals surface area contributed by atoms with Crippen molar-refractivity contribution in [3.05, 3.63) is 13.8 Å². The molecule has 0 aromatic rings. The zero-order valence-corrected chi connectivity index (χ0v) is 20.2. The van der Waals surface area contributed by atoms with Crippen LogP contribution >= 0.6 is 0 Å². The van der Waals surface area contributed by atoms with Gasteiger partial charge in [-0.25, -0.2) is 0 Å². The quantitative estimate of drug-likeness (QED) is 0.374. The Morgan fingerprint density at radius 2 is 0.880 bits per heavy atom. The summed E-state index contributed by atoms with van der Waals surface area (Å²) in [6.45, 7) is 14.3. The second-order valence-corrected chi connectivity index (χ2v) is 2.24. The maximum atomic E-state index is 9.00. The summed E-state index contributed by atoms with van der Waals surface area (Å²) >= 11 is 0.750. The Balaban J connectivity index is -0.0000000128. The summed E-state index contributed by atoms with van der Waals surface area (Å²) in [5, 5.41) is 48.3. The fourth-order valence-corrected chi connectivity index (χ4v) is 0. The third-order valence-electron chi connectivity index (χ3n) is 0.224. The minimum Gasteiger partial charge on any atom is 4.00 e. The van der Waals surface area contributed by atoms with E-state index in [2.05, 4.69) is 13.8 Å². The van der Waals surface area contributed by atoms with E-state index in [0.717, 1.165) is 75.0 Å². The van der Waals surface area contributed by atoms with Crippen LogP contribution in [0.4, 0.5) is 0 Å². The molecule has 0 rings (SSSR count). The first-order valence-electron chi connectivity index (χ1n) is 6.70. The van der Waals surface area contributed by atoms with E-state index < -0.39 is 5.97 Å². The van der Waals surface area contributed by atoms with Gasteiger partial charge in [0.25, 0.3) is 5.97 Å². The molecule has 8 nitrogen and oxygen atoms in total. The van der Waals surface area contributed by atoms with E-state index in [-0.39, 0.29) is 21.7 Å². The average Bonchev–Trinajstić information content (AvgIpc) is 2.64. The van der Waals surface area contributed by atoms with Gasteiger partial charge in [-0.15, -0.1) is 0 Å². The van der Waals surface area contributed by atoms with Crippen molar-refractivity contribution in [2.24, 2.45) is 0 Å². The van der Waals surface area contributed by atoms with Crippen molar-refractivity contribution in [2.45, 2.75) is 47.0 Å². The van der Waals surface area contributed by atoms with Gasteiger partial charge in [-0.1, -0.05) is 20.8 Å². The molecule has 0 spiro atoms. The molecule has 25 heavy (non-hydrogen) atoms. The maximum Gasteiger partial charge on any atom is 4.00 e. The molecule has 0 unspecified atom stereocenters. The number of hydrogen-bond donors (Lipinski definition) is 2. The van der Waals surface area contributed by atoms with E-state index in [4.69, 9.17) is 38.8 Å². The molecule has 0 aliphatic heterocycles. The Morgan fingerprint density at radius 3 is 0.880 bits per heavy atom. The Labute approximate surface area is 182 Å². The summed E-state index contributed by atoms with van der Waals surface area (Å²) in [6.07, 6.45) is 2.88. The van der Waals surface area contributed by atoms with Gasteiger partial charge < -0.3 is 44.5 Å². The van der Waals surface area contributed by atoms with Gasteiger partial charge >= 0.3 is 45.4 Å². The van der Waals surface area contributed by atoms with Crippen LogP contribution in [-0.2, 0) is 50.2 Å². The van der Waals surface area contributed by atoms with Crippen molar-refractivity contribution >= 4 is 5.97 Å². The van der Waals surface area contributed by atoms with Gasteiger partial charge in [0.05, 0.1) is 0 Å². The number of carboxylic acids is 1. The fourth-order valence-electron chi connectivity index (χ4n) is 0. The van der Waals surface area contributed by atoms with E-state index in [1.165, 1.54) is 0 Å². The van der Waals surface area contributed by atoms with E-state index in [0.29, 0.717) is 6.61 Å². The minimum absolute atomic E-state index is 0. The molecule has 2 N–H and O–H groups in total. The summed E-state index contributed by atoms with van der Waals surface area (Å²) in [7, 11) is 3.00. The van der Waals surface area contributed by atoms with Crippen molar-refractivity contribution in [3.63, 3.8) is 0 Å². The SMILES string of the molecule is CC(=O)O.CCCO.C[O-].C[O-].C[O-].C[O-].[CH2-]CC.[CH2-]CC.[O]=[Ti+2].[Ti+4]. The monoisotopic (exact) mass is 442 g/mol. The Kier molecular flexibility index (Phi) is 613. The Hall–Kier alpha value is 0.499. The van der Waals surface area contributed by atoms with Crippen molar-refractivity contribution in [2.75, 3.05) is 35.0 Å². The zero-order chi connectivity index (χ0) is 22.4. The molecular formula is C15H38O8Ti2. The van der Waals surface area contributed by atoms with Gasteiger partial charge in [-0.3, -0.25) is 4.79 Å². The molecule has 0 aliphatic rings. The third kappa shape index (κ3) is 5520. The van der Waals surface area contributed by atoms with Crippen molar-refractivity contribution in [1.29, 1.82) is 0 Å². The molecule has 0 amide bonds. The van der Waals surface area contributed by atoms with Crippen LogP contribution in [0.2, 0.25) is 0 Å². The molecule has 0 saturated carbocycles.